The molecule has 1 aliphatic heterocycles. The van der Waals surface area contributed by atoms with E-state index in [1.54, 1.807) is 38.2 Å². The molecule has 0 aliphatic carbocycles. The molecule has 6 heteroatoms. The van der Waals surface area contributed by atoms with Crippen molar-refractivity contribution in [1.29, 1.82) is 0 Å². The highest BCUT2D eigenvalue weighted by atomic mass is 19.1. The molecule has 1 aromatic heterocycles. The van der Waals surface area contributed by atoms with Crippen LogP contribution in [0.5, 0.6) is 0 Å². The number of halogens is 1. The van der Waals surface area contributed by atoms with Gasteiger partial charge in [0.15, 0.2) is 11.5 Å². The van der Waals surface area contributed by atoms with Gasteiger partial charge in [-0.05, 0) is 29.8 Å². The zero-order chi connectivity index (χ0) is 18.8. The number of ketones is 1. The number of amides is 1. The molecule has 1 N–H and O–H groups in total. The zero-order valence-corrected chi connectivity index (χ0v) is 14.5. The molecule has 2 aromatic rings. The maximum absolute atomic E-state index is 13.3. The molecule has 26 heavy (non-hydrogen) atoms. The third kappa shape index (κ3) is 3.22. The quantitative estimate of drug-likeness (QED) is 0.894. The lowest BCUT2D eigenvalue weighted by atomic mass is 9.91. The summed E-state index contributed by atoms with van der Waals surface area (Å²) in [5, 5.41) is 10.4. The summed E-state index contributed by atoms with van der Waals surface area (Å²) in [5.41, 5.74) is 1.23. The van der Waals surface area contributed by atoms with E-state index in [1.807, 2.05) is 0 Å². The summed E-state index contributed by atoms with van der Waals surface area (Å²) < 4.78 is 13.3. The third-order valence-corrected chi connectivity index (χ3v) is 4.34. The van der Waals surface area contributed by atoms with Crippen molar-refractivity contribution >= 4 is 11.7 Å². The fourth-order valence-corrected chi connectivity index (χ4v) is 3.04. The summed E-state index contributed by atoms with van der Waals surface area (Å²) in [7, 11) is 0. The summed E-state index contributed by atoms with van der Waals surface area (Å²) in [5.74, 6) is -2.30. The fraction of sp³-hybridized carbons (Fsp3) is 0.250. The maximum atomic E-state index is 13.3. The van der Waals surface area contributed by atoms with Gasteiger partial charge < -0.3 is 10.0 Å². The predicted molar refractivity (Wildman–Crippen MR) is 93.4 cm³/mol. The molecule has 134 valence electrons. The molecule has 1 unspecified atom stereocenters. The van der Waals surface area contributed by atoms with Crippen molar-refractivity contribution in [2.24, 2.45) is 5.92 Å². The van der Waals surface area contributed by atoms with E-state index in [0.29, 0.717) is 11.3 Å². The standard InChI is InChI=1S/C20H19FN2O3/c1-12(2)18(24)16-17(13-6-8-14(21)9-7-13)23(20(26)19(16)25)11-15-5-3-4-10-22-15/h3-10,12,17,25H,11H2,1-2H3. The maximum Gasteiger partial charge on any atom is 0.290 e. The van der Waals surface area contributed by atoms with E-state index in [9.17, 15) is 19.1 Å². The Morgan fingerprint density at radius 1 is 1.23 bits per heavy atom. The van der Waals surface area contributed by atoms with Crippen LogP contribution in [0.1, 0.15) is 31.1 Å². The SMILES string of the molecule is CC(C)C(=O)C1=C(O)C(=O)N(Cc2ccccn2)C1c1ccc(F)cc1. The summed E-state index contributed by atoms with van der Waals surface area (Å²) in [6.45, 7) is 3.53. The van der Waals surface area contributed by atoms with Gasteiger partial charge in [-0.15, -0.1) is 0 Å². The predicted octanol–water partition coefficient (Wildman–Crippen LogP) is 3.34. The topological polar surface area (TPSA) is 70.5 Å². The average molecular weight is 354 g/mol. The number of aliphatic hydroxyl groups excluding tert-OH is 1. The highest BCUT2D eigenvalue weighted by Crippen LogP contribution is 2.39. The summed E-state index contributed by atoms with van der Waals surface area (Å²) in [6, 6.07) is 10.1. The van der Waals surface area contributed by atoms with Crippen LogP contribution in [-0.2, 0) is 16.1 Å². The normalized spacial score (nSPS) is 17.3. The van der Waals surface area contributed by atoms with E-state index in [0.717, 1.165) is 0 Å². The van der Waals surface area contributed by atoms with Crippen molar-refractivity contribution in [3.05, 3.63) is 77.1 Å². The Morgan fingerprint density at radius 2 is 1.92 bits per heavy atom. The number of carbonyl (C=O) groups is 2. The molecule has 0 saturated carbocycles. The van der Waals surface area contributed by atoms with Crippen molar-refractivity contribution in [2.75, 3.05) is 0 Å². The van der Waals surface area contributed by atoms with E-state index >= 15 is 0 Å². The van der Waals surface area contributed by atoms with Crippen molar-refractivity contribution in [3.63, 3.8) is 0 Å². The highest BCUT2D eigenvalue weighted by Gasteiger charge is 2.44. The Labute approximate surface area is 150 Å². The number of rotatable bonds is 5. The van der Waals surface area contributed by atoms with Crippen LogP contribution in [0, 0.1) is 11.7 Å². The molecule has 1 aromatic carbocycles. The van der Waals surface area contributed by atoms with Crippen molar-refractivity contribution in [2.45, 2.75) is 26.4 Å². The Kier molecular flexibility index (Phi) is 4.84. The number of Topliss-reactive ketones (excluding diaryl/α,β-unsaturated/α-hetero) is 1. The Balaban J connectivity index is 2.07. The largest absolute Gasteiger partial charge is 0.503 e. The van der Waals surface area contributed by atoms with Crippen LogP contribution >= 0.6 is 0 Å². The van der Waals surface area contributed by atoms with Crippen LogP contribution in [0.25, 0.3) is 0 Å². The van der Waals surface area contributed by atoms with Crippen molar-refractivity contribution in [3.8, 4) is 0 Å². The zero-order valence-electron chi connectivity index (χ0n) is 14.5. The Hall–Kier alpha value is -3.02. The molecule has 0 saturated heterocycles. The number of carbonyl (C=O) groups excluding carboxylic acids is 2. The second-order valence-electron chi connectivity index (χ2n) is 6.49. The third-order valence-electron chi connectivity index (χ3n) is 4.34. The second kappa shape index (κ2) is 7.07. The molecule has 0 spiro atoms. The first-order valence-electron chi connectivity index (χ1n) is 8.33. The van der Waals surface area contributed by atoms with Gasteiger partial charge in [0.1, 0.15) is 5.82 Å². The lowest BCUT2D eigenvalue weighted by Crippen LogP contribution is -2.31. The van der Waals surface area contributed by atoms with Gasteiger partial charge in [-0.3, -0.25) is 14.6 Å². The average Bonchev–Trinajstić information content (AvgIpc) is 2.87. The lowest BCUT2D eigenvalue weighted by Gasteiger charge is -2.27. The monoisotopic (exact) mass is 354 g/mol. The lowest BCUT2D eigenvalue weighted by molar-refractivity contribution is -0.130. The van der Waals surface area contributed by atoms with Crippen LogP contribution in [-0.4, -0.2) is 26.7 Å². The van der Waals surface area contributed by atoms with Crippen molar-refractivity contribution < 1.29 is 19.1 Å². The highest BCUT2D eigenvalue weighted by molar-refractivity contribution is 6.09. The van der Waals surface area contributed by atoms with E-state index in [-0.39, 0.29) is 17.9 Å². The minimum Gasteiger partial charge on any atom is -0.503 e. The van der Waals surface area contributed by atoms with Gasteiger partial charge in [0, 0.05) is 12.1 Å². The molecular formula is C20H19FN2O3. The minimum absolute atomic E-state index is 0.0486. The Morgan fingerprint density at radius 3 is 2.50 bits per heavy atom. The van der Waals surface area contributed by atoms with Gasteiger partial charge in [-0.1, -0.05) is 32.0 Å². The van der Waals surface area contributed by atoms with Crippen LogP contribution in [0.15, 0.2) is 60.0 Å². The molecule has 1 amide bonds. The summed E-state index contributed by atoms with van der Waals surface area (Å²) in [4.78, 5) is 30.9. The smallest absolute Gasteiger partial charge is 0.290 e. The van der Waals surface area contributed by atoms with Crippen LogP contribution in [0.3, 0.4) is 0 Å². The van der Waals surface area contributed by atoms with Gasteiger partial charge in [-0.2, -0.15) is 0 Å². The molecular weight excluding hydrogens is 335 g/mol. The van der Waals surface area contributed by atoms with Gasteiger partial charge in [0.05, 0.1) is 23.9 Å². The van der Waals surface area contributed by atoms with Gasteiger partial charge in [0.25, 0.3) is 5.91 Å². The number of pyridine rings is 1. The van der Waals surface area contributed by atoms with Crippen molar-refractivity contribution in [1.82, 2.24) is 9.88 Å². The first-order valence-corrected chi connectivity index (χ1v) is 8.33. The van der Waals surface area contributed by atoms with Gasteiger partial charge in [0.2, 0.25) is 0 Å². The molecule has 2 heterocycles. The first-order chi connectivity index (χ1) is 12.4. The molecule has 0 bridgehead atoms. The number of aliphatic hydroxyl groups is 1. The summed E-state index contributed by atoms with van der Waals surface area (Å²) in [6.07, 6.45) is 1.61. The molecule has 5 nitrogen and oxygen atoms in total. The van der Waals surface area contributed by atoms with E-state index < -0.39 is 29.4 Å². The van der Waals surface area contributed by atoms with Gasteiger partial charge >= 0.3 is 0 Å². The first kappa shape index (κ1) is 17.8. The minimum atomic E-state index is -0.778. The van der Waals surface area contributed by atoms with E-state index in [2.05, 4.69) is 4.98 Å². The van der Waals surface area contributed by atoms with Crippen LogP contribution in [0.2, 0.25) is 0 Å². The fourth-order valence-electron chi connectivity index (χ4n) is 3.04. The number of hydrogen-bond acceptors (Lipinski definition) is 4. The molecule has 1 atom stereocenters. The summed E-state index contributed by atoms with van der Waals surface area (Å²) >= 11 is 0. The van der Waals surface area contributed by atoms with E-state index in [1.165, 1.54) is 29.2 Å². The molecule has 1 aliphatic rings. The number of benzene rings is 1. The number of aromatic nitrogens is 1. The Bertz CT molecular complexity index is 860. The molecule has 0 fully saturated rings. The molecule has 0 radical (unpaired) electrons. The van der Waals surface area contributed by atoms with Crippen LogP contribution < -0.4 is 0 Å². The second-order valence-corrected chi connectivity index (χ2v) is 6.49. The van der Waals surface area contributed by atoms with Gasteiger partial charge in [-0.25, -0.2) is 4.39 Å². The van der Waals surface area contributed by atoms with E-state index in [4.69, 9.17) is 0 Å². The molecule has 3 rings (SSSR count). The van der Waals surface area contributed by atoms with Crippen LogP contribution in [0.4, 0.5) is 4.39 Å². The number of hydrogen-bond donors (Lipinski definition) is 1. The number of nitrogens with zero attached hydrogens (tertiary/aromatic N) is 2.